The van der Waals surface area contributed by atoms with Crippen molar-refractivity contribution in [3.8, 4) is 0 Å². The third kappa shape index (κ3) is 4.57. The van der Waals surface area contributed by atoms with E-state index in [0.717, 1.165) is 18.4 Å². The second kappa shape index (κ2) is 8.58. The van der Waals surface area contributed by atoms with Gasteiger partial charge in [-0.15, -0.1) is 0 Å². The lowest BCUT2D eigenvalue weighted by molar-refractivity contribution is 0.276. The molecule has 0 spiro atoms. The normalized spacial score (nSPS) is 23.4. The van der Waals surface area contributed by atoms with E-state index >= 15 is 0 Å². The average molecular weight is 287 g/mol. The van der Waals surface area contributed by atoms with Crippen LogP contribution in [0.4, 0.5) is 0 Å². The van der Waals surface area contributed by atoms with Crippen LogP contribution >= 0.6 is 0 Å². The summed E-state index contributed by atoms with van der Waals surface area (Å²) in [5.74, 6) is 1.66. The Kier molecular flexibility index (Phi) is 6.76. The fraction of sp³-hybridized carbons (Fsp3) is 0.700. The van der Waals surface area contributed by atoms with Crippen molar-refractivity contribution < 1.29 is 0 Å². The predicted molar refractivity (Wildman–Crippen MR) is 92.6 cm³/mol. The highest BCUT2D eigenvalue weighted by Gasteiger charge is 2.28. The lowest BCUT2D eigenvalue weighted by Crippen LogP contribution is -2.30. The minimum atomic E-state index is 0.572. The molecule has 1 aromatic rings. The van der Waals surface area contributed by atoms with Crippen LogP contribution in [-0.4, -0.2) is 6.54 Å². The summed E-state index contributed by atoms with van der Waals surface area (Å²) in [5, 5.41) is 3.87. The predicted octanol–water partition coefficient (Wildman–Crippen LogP) is 5.51. The summed E-state index contributed by atoms with van der Waals surface area (Å²) in [6.07, 6.45) is 9.28. The van der Waals surface area contributed by atoms with E-state index in [-0.39, 0.29) is 0 Å². The quantitative estimate of drug-likeness (QED) is 0.652. The number of benzene rings is 1. The van der Waals surface area contributed by atoms with Gasteiger partial charge in [0.2, 0.25) is 0 Å². The van der Waals surface area contributed by atoms with Crippen molar-refractivity contribution in [1.82, 2.24) is 5.32 Å². The molecule has 0 fully saturated rings. The molecule has 0 aliphatic heterocycles. The zero-order chi connectivity index (χ0) is 15.1. The first-order valence-electron chi connectivity index (χ1n) is 9.07. The summed E-state index contributed by atoms with van der Waals surface area (Å²) < 4.78 is 0. The second-order valence-corrected chi connectivity index (χ2v) is 6.91. The van der Waals surface area contributed by atoms with Gasteiger partial charge in [-0.3, -0.25) is 0 Å². The summed E-state index contributed by atoms with van der Waals surface area (Å²) in [6.45, 7) is 8.16. The first-order chi connectivity index (χ1) is 10.3. The molecule has 3 atom stereocenters. The van der Waals surface area contributed by atoms with Gasteiger partial charge in [0.25, 0.3) is 0 Å². The van der Waals surface area contributed by atoms with Crippen LogP contribution in [0, 0.1) is 11.8 Å². The third-order valence-corrected chi connectivity index (χ3v) is 4.98. The molecular weight excluding hydrogens is 254 g/mol. The Hall–Kier alpha value is -0.820. The molecule has 1 nitrogen and oxygen atoms in total. The maximum atomic E-state index is 3.87. The van der Waals surface area contributed by atoms with Gasteiger partial charge < -0.3 is 5.32 Å². The average Bonchev–Trinajstić information content (AvgIpc) is 2.65. The topological polar surface area (TPSA) is 12.0 Å². The number of rotatable bonds is 7. The molecule has 1 aromatic carbocycles. The monoisotopic (exact) mass is 287 g/mol. The second-order valence-electron chi connectivity index (χ2n) is 6.91. The van der Waals surface area contributed by atoms with Crippen molar-refractivity contribution in [2.24, 2.45) is 11.8 Å². The summed E-state index contributed by atoms with van der Waals surface area (Å²) in [7, 11) is 0. The highest BCUT2D eigenvalue weighted by molar-refractivity contribution is 5.31. The van der Waals surface area contributed by atoms with Crippen molar-refractivity contribution >= 4 is 0 Å². The van der Waals surface area contributed by atoms with Crippen LogP contribution in [0.5, 0.6) is 0 Å². The minimum absolute atomic E-state index is 0.572. The molecule has 0 radical (unpaired) electrons. The van der Waals surface area contributed by atoms with E-state index in [1.165, 1.54) is 44.9 Å². The number of aryl methyl sites for hydroxylation is 1. The van der Waals surface area contributed by atoms with Gasteiger partial charge in [0.1, 0.15) is 0 Å². The molecule has 1 aliphatic carbocycles. The molecule has 3 unspecified atom stereocenters. The van der Waals surface area contributed by atoms with E-state index in [2.05, 4.69) is 50.4 Å². The largest absolute Gasteiger partial charge is 0.310 e. The van der Waals surface area contributed by atoms with Crippen molar-refractivity contribution in [1.29, 1.82) is 0 Å². The van der Waals surface area contributed by atoms with Crippen molar-refractivity contribution in [3.63, 3.8) is 0 Å². The Morgan fingerprint density at radius 1 is 1.19 bits per heavy atom. The van der Waals surface area contributed by atoms with E-state index in [9.17, 15) is 0 Å². The Morgan fingerprint density at radius 3 is 2.76 bits per heavy atom. The Bertz CT molecular complexity index is 412. The van der Waals surface area contributed by atoms with Gasteiger partial charge in [0, 0.05) is 6.04 Å². The number of nitrogens with one attached hydrogen (secondary N) is 1. The van der Waals surface area contributed by atoms with E-state index in [1.807, 2.05) is 0 Å². The zero-order valence-electron chi connectivity index (χ0n) is 14.2. The van der Waals surface area contributed by atoms with Crippen molar-refractivity contribution in [2.75, 3.05) is 6.54 Å². The number of hydrogen-bond donors (Lipinski definition) is 1. The van der Waals surface area contributed by atoms with Crippen LogP contribution in [-0.2, 0) is 6.42 Å². The molecule has 21 heavy (non-hydrogen) atoms. The molecule has 0 bridgehead atoms. The van der Waals surface area contributed by atoms with Gasteiger partial charge in [0.05, 0.1) is 0 Å². The summed E-state index contributed by atoms with van der Waals surface area (Å²) in [5.41, 5.74) is 3.16. The fourth-order valence-electron chi connectivity index (χ4n) is 4.00. The molecule has 0 heterocycles. The Morgan fingerprint density at radius 2 is 2.00 bits per heavy atom. The highest BCUT2D eigenvalue weighted by Crippen LogP contribution is 2.37. The first-order valence-corrected chi connectivity index (χ1v) is 9.07. The Labute approximate surface area is 131 Å². The van der Waals surface area contributed by atoms with Gasteiger partial charge in [-0.2, -0.15) is 0 Å². The van der Waals surface area contributed by atoms with Crippen LogP contribution in [0.1, 0.15) is 76.5 Å². The smallest absolute Gasteiger partial charge is 0.0351 e. The van der Waals surface area contributed by atoms with Crippen LogP contribution < -0.4 is 5.32 Å². The van der Waals surface area contributed by atoms with Gasteiger partial charge in [0.15, 0.2) is 0 Å². The molecule has 1 N–H and O–H groups in total. The standard InChI is InChI=1S/C20H33N/c1-4-9-16(3)15-18-12-8-11-17-10-6-7-13-19(17)20(18)21-14-5-2/h6-7,10,13,16,18,20-21H,4-5,8-9,11-12,14-15H2,1-3H3. The molecule has 0 saturated carbocycles. The van der Waals surface area contributed by atoms with Gasteiger partial charge >= 0.3 is 0 Å². The maximum absolute atomic E-state index is 3.87. The minimum Gasteiger partial charge on any atom is -0.310 e. The highest BCUT2D eigenvalue weighted by atomic mass is 14.9. The van der Waals surface area contributed by atoms with Crippen LogP contribution in [0.2, 0.25) is 0 Å². The lowest BCUT2D eigenvalue weighted by atomic mass is 9.83. The van der Waals surface area contributed by atoms with Crippen LogP contribution in [0.15, 0.2) is 24.3 Å². The van der Waals surface area contributed by atoms with Gasteiger partial charge in [-0.25, -0.2) is 0 Å². The first kappa shape index (κ1) is 16.5. The summed E-state index contributed by atoms with van der Waals surface area (Å²) in [4.78, 5) is 0. The van der Waals surface area contributed by atoms with E-state index in [0.29, 0.717) is 6.04 Å². The Balaban J connectivity index is 2.17. The molecule has 0 amide bonds. The molecule has 118 valence electrons. The lowest BCUT2D eigenvalue weighted by Gasteiger charge is -2.30. The zero-order valence-corrected chi connectivity index (χ0v) is 14.2. The molecule has 2 rings (SSSR count). The number of hydrogen-bond acceptors (Lipinski definition) is 1. The van der Waals surface area contributed by atoms with Gasteiger partial charge in [-0.05, 0) is 61.6 Å². The third-order valence-electron chi connectivity index (χ3n) is 4.98. The maximum Gasteiger partial charge on any atom is 0.0351 e. The molecule has 0 aromatic heterocycles. The van der Waals surface area contributed by atoms with E-state index in [4.69, 9.17) is 0 Å². The van der Waals surface area contributed by atoms with Crippen LogP contribution in [0.3, 0.4) is 0 Å². The number of fused-ring (bicyclic) bond motifs is 1. The van der Waals surface area contributed by atoms with E-state index < -0.39 is 0 Å². The molecule has 1 heteroatoms. The summed E-state index contributed by atoms with van der Waals surface area (Å²) in [6, 6.07) is 9.70. The van der Waals surface area contributed by atoms with Crippen molar-refractivity contribution in [2.45, 2.75) is 71.8 Å². The SMILES string of the molecule is CCCNC1c2ccccc2CCCC1CC(C)CCC. The van der Waals surface area contributed by atoms with E-state index in [1.54, 1.807) is 11.1 Å². The van der Waals surface area contributed by atoms with Crippen molar-refractivity contribution in [3.05, 3.63) is 35.4 Å². The molecular formula is C20H33N. The molecule has 1 aliphatic rings. The summed E-state index contributed by atoms with van der Waals surface area (Å²) >= 11 is 0. The van der Waals surface area contributed by atoms with Gasteiger partial charge in [-0.1, -0.05) is 57.9 Å². The van der Waals surface area contributed by atoms with Crippen LogP contribution in [0.25, 0.3) is 0 Å². The molecule has 0 saturated heterocycles. The fourth-order valence-corrected chi connectivity index (χ4v) is 4.00.